The van der Waals surface area contributed by atoms with Gasteiger partial charge in [0.15, 0.2) is 0 Å². The molecule has 116 valence electrons. The van der Waals surface area contributed by atoms with Gasteiger partial charge in [0.2, 0.25) is 5.91 Å². The minimum absolute atomic E-state index is 0.0966. The van der Waals surface area contributed by atoms with Gasteiger partial charge < -0.3 is 20.5 Å². The monoisotopic (exact) mass is 292 g/mol. The Morgan fingerprint density at radius 2 is 2.19 bits per heavy atom. The average Bonchev–Trinajstić information content (AvgIpc) is 2.93. The highest BCUT2D eigenvalue weighted by Gasteiger charge is 2.27. The third kappa shape index (κ3) is 4.93. The SMILES string of the molecule is COc1cccc(OCCCNC(=O)C2CCC(N)C2)c1. The van der Waals surface area contributed by atoms with Crippen LogP contribution in [0.15, 0.2) is 24.3 Å². The third-order valence-corrected chi connectivity index (χ3v) is 3.77. The zero-order valence-electron chi connectivity index (χ0n) is 12.5. The van der Waals surface area contributed by atoms with Crippen molar-refractivity contribution in [2.75, 3.05) is 20.3 Å². The maximum atomic E-state index is 11.9. The zero-order chi connectivity index (χ0) is 15.1. The summed E-state index contributed by atoms with van der Waals surface area (Å²) in [4.78, 5) is 11.9. The zero-order valence-corrected chi connectivity index (χ0v) is 12.5. The lowest BCUT2D eigenvalue weighted by molar-refractivity contribution is -0.124. The van der Waals surface area contributed by atoms with E-state index in [9.17, 15) is 4.79 Å². The molecule has 3 N–H and O–H groups in total. The van der Waals surface area contributed by atoms with E-state index in [-0.39, 0.29) is 17.9 Å². The molecule has 2 rings (SSSR count). The van der Waals surface area contributed by atoms with Crippen LogP contribution in [0.3, 0.4) is 0 Å². The van der Waals surface area contributed by atoms with Gasteiger partial charge in [-0.05, 0) is 37.8 Å². The van der Waals surface area contributed by atoms with Crippen LogP contribution in [0.4, 0.5) is 0 Å². The standard InChI is InChI=1S/C16H24N2O3/c1-20-14-4-2-5-15(11-14)21-9-3-8-18-16(19)12-6-7-13(17)10-12/h2,4-5,11-13H,3,6-10,17H2,1H3,(H,18,19). The van der Waals surface area contributed by atoms with Gasteiger partial charge in [-0.3, -0.25) is 4.79 Å². The Hall–Kier alpha value is -1.75. The highest BCUT2D eigenvalue weighted by atomic mass is 16.5. The van der Waals surface area contributed by atoms with E-state index in [4.69, 9.17) is 15.2 Å². The smallest absolute Gasteiger partial charge is 0.223 e. The molecule has 1 fully saturated rings. The average molecular weight is 292 g/mol. The minimum atomic E-state index is 0.0966. The Kier molecular flexibility index (Phi) is 5.87. The summed E-state index contributed by atoms with van der Waals surface area (Å²) < 4.78 is 10.8. The van der Waals surface area contributed by atoms with Gasteiger partial charge in [-0.15, -0.1) is 0 Å². The van der Waals surface area contributed by atoms with E-state index in [1.54, 1.807) is 7.11 Å². The predicted octanol–water partition coefficient (Wildman–Crippen LogP) is 1.71. The number of benzene rings is 1. The van der Waals surface area contributed by atoms with Crippen LogP contribution < -0.4 is 20.5 Å². The molecule has 0 aromatic heterocycles. The van der Waals surface area contributed by atoms with Crippen molar-refractivity contribution < 1.29 is 14.3 Å². The molecule has 2 atom stereocenters. The van der Waals surface area contributed by atoms with Gasteiger partial charge in [0.05, 0.1) is 13.7 Å². The first kappa shape index (κ1) is 15.6. The van der Waals surface area contributed by atoms with Gasteiger partial charge >= 0.3 is 0 Å². The molecule has 1 amide bonds. The van der Waals surface area contributed by atoms with Crippen LogP contribution in [0, 0.1) is 5.92 Å². The number of methoxy groups -OCH3 is 1. The number of carbonyl (C=O) groups excluding carboxylic acids is 1. The number of hydrogen-bond donors (Lipinski definition) is 2. The molecule has 21 heavy (non-hydrogen) atoms. The van der Waals surface area contributed by atoms with Gasteiger partial charge in [-0.2, -0.15) is 0 Å². The van der Waals surface area contributed by atoms with E-state index in [2.05, 4.69) is 5.32 Å². The lowest BCUT2D eigenvalue weighted by Crippen LogP contribution is -2.31. The highest BCUT2D eigenvalue weighted by Crippen LogP contribution is 2.24. The van der Waals surface area contributed by atoms with Crippen LogP contribution >= 0.6 is 0 Å². The van der Waals surface area contributed by atoms with Crippen LogP contribution in [0.2, 0.25) is 0 Å². The molecule has 0 heterocycles. The van der Waals surface area contributed by atoms with Crippen LogP contribution in [-0.4, -0.2) is 32.2 Å². The summed E-state index contributed by atoms with van der Waals surface area (Å²) in [5.74, 6) is 1.78. The number of nitrogens with two attached hydrogens (primary N) is 1. The number of carbonyl (C=O) groups is 1. The second kappa shape index (κ2) is 7.88. The summed E-state index contributed by atoms with van der Waals surface area (Å²) >= 11 is 0. The van der Waals surface area contributed by atoms with Gasteiger partial charge in [0, 0.05) is 24.6 Å². The lowest BCUT2D eigenvalue weighted by Gasteiger charge is -2.11. The fraction of sp³-hybridized carbons (Fsp3) is 0.562. The van der Waals surface area contributed by atoms with E-state index in [0.717, 1.165) is 37.2 Å². The molecule has 5 heteroatoms. The number of hydrogen-bond acceptors (Lipinski definition) is 4. The first-order valence-corrected chi connectivity index (χ1v) is 7.49. The fourth-order valence-corrected chi connectivity index (χ4v) is 2.56. The predicted molar refractivity (Wildman–Crippen MR) is 81.4 cm³/mol. The van der Waals surface area contributed by atoms with Crippen LogP contribution in [0.5, 0.6) is 11.5 Å². The van der Waals surface area contributed by atoms with E-state index in [1.807, 2.05) is 24.3 Å². The molecule has 0 saturated heterocycles. The van der Waals surface area contributed by atoms with Crippen molar-refractivity contribution in [2.24, 2.45) is 11.7 Å². The highest BCUT2D eigenvalue weighted by molar-refractivity contribution is 5.78. The Morgan fingerprint density at radius 3 is 2.90 bits per heavy atom. The summed E-state index contributed by atoms with van der Waals surface area (Å²) in [5, 5.41) is 2.95. The summed E-state index contributed by atoms with van der Waals surface area (Å²) in [6.45, 7) is 1.20. The summed E-state index contributed by atoms with van der Waals surface area (Å²) in [7, 11) is 1.63. The van der Waals surface area contributed by atoms with Crippen molar-refractivity contribution in [2.45, 2.75) is 31.7 Å². The van der Waals surface area contributed by atoms with Crippen LogP contribution in [-0.2, 0) is 4.79 Å². The quantitative estimate of drug-likeness (QED) is 0.750. The second-order valence-corrected chi connectivity index (χ2v) is 5.44. The Balaban J connectivity index is 1.60. The van der Waals surface area contributed by atoms with Gasteiger partial charge in [0.25, 0.3) is 0 Å². The molecule has 1 aliphatic carbocycles. The molecular weight excluding hydrogens is 268 g/mol. The van der Waals surface area contributed by atoms with Crippen molar-refractivity contribution in [1.29, 1.82) is 0 Å². The number of ether oxygens (including phenoxy) is 2. The van der Waals surface area contributed by atoms with Crippen LogP contribution in [0.1, 0.15) is 25.7 Å². The molecule has 0 radical (unpaired) electrons. The number of amides is 1. The first-order valence-electron chi connectivity index (χ1n) is 7.49. The Bertz CT molecular complexity index is 465. The minimum Gasteiger partial charge on any atom is -0.497 e. The van der Waals surface area contributed by atoms with Crippen molar-refractivity contribution in [3.8, 4) is 11.5 Å². The van der Waals surface area contributed by atoms with Gasteiger partial charge in [-0.1, -0.05) is 6.07 Å². The molecule has 1 saturated carbocycles. The van der Waals surface area contributed by atoms with E-state index >= 15 is 0 Å². The number of nitrogens with one attached hydrogen (secondary N) is 1. The second-order valence-electron chi connectivity index (χ2n) is 5.44. The normalized spacial score (nSPS) is 21.0. The topological polar surface area (TPSA) is 73.6 Å². The molecule has 1 aliphatic rings. The largest absolute Gasteiger partial charge is 0.497 e. The Morgan fingerprint density at radius 1 is 1.38 bits per heavy atom. The van der Waals surface area contributed by atoms with Gasteiger partial charge in [-0.25, -0.2) is 0 Å². The first-order chi connectivity index (χ1) is 10.2. The van der Waals surface area contributed by atoms with Crippen molar-refractivity contribution in [3.63, 3.8) is 0 Å². The summed E-state index contributed by atoms with van der Waals surface area (Å²) in [6.07, 6.45) is 3.46. The molecule has 5 nitrogen and oxygen atoms in total. The van der Waals surface area contributed by atoms with E-state index < -0.39 is 0 Å². The van der Waals surface area contributed by atoms with Crippen molar-refractivity contribution in [3.05, 3.63) is 24.3 Å². The fourth-order valence-electron chi connectivity index (χ4n) is 2.56. The maximum absolute atomic E-state index is 11.9. The molecule has 0 aliphatic heterocycles. The maximum Gasteiger partial charge on any atom is 0.223 e. The van der Waals surface area contributed by atoms with Crippen molar-refractivity contribution >= 4 is 5.91 Å². The molecule has 1 aromatic rings. The lowest BCUT2D eigenvalue weighted by atomic mass is 10.1. The molecule has 0 spiro atoms. The summed E-state index contributed by atoms with van der Waals surface area (Å²) in [5.41, 5.74) is 5.82. The molecular formula is C16H24N2O3. The Labute approximate surface area is 125 Å². The molecule has 0 bridgehead atoms. The molecule has 1 aromatic carbocycles. The van der Waals surface area contributed by atoms with Gasteiger partial charge in [0.1, 0.15) is 11.5 Å². The van der Waals surface area contributed by atoms with E-state index in [1.165, 1.54) is 0 Å². The summed E-state index contributed by atoms with van der Waals surface area (Å²) in [6, 6.07) is 7.69. The number of rotatable bonds is 7. The van der Waals surface area contributed by atoms with E-state index in [0.29, 0.717) is 13.2 Å². The van der Waals surface area contributed by atoms with Crippen LogP contribution in [0.25, 0.3) is 0 Å². The van der Waals surface area contributed by atoms with Crippen molar-refractivity contribution in [1.82, 2.24) is 5.32 Å². The third-order valence-electron chi connectivity index (χ3n) is 3.77. The molecule has 2 unspecified atom stereocenters.